The third-order valence-corrected chi connectivity index (χ3v) is 2.96. The normalized spacial score (nSPS) is 10.0. The molecule has 0 radical (unpaired) electrons. The molecule has 7 heteroatoms. The third kappa shape index (κ3) is 5.14. The Morgan fingerprint density at radius 3 is 2.50 bits per heavy atom. The molecule has 2 rings (SSSR count). The van der Waals surface area contributed by atoms with E-state index < -0.39 is 5.97 Å². The predicted molar refractivity (Wildman–Crippen MR) is 81.9 cm³/mol. The minimum absolute atomic E-state index is 0.117. The van der Waals surface area contributed by atoms with Gasteiger partial charge >= 0.3 is 5.97 Å². The minimum atomic E-state index is -0.467. The van der Waals surface area contributed by atoms with Gasteiger partial charge in [-0.3, -0.25) is 9.59 Å². The maximum Gasteiger partial charge on any atom is 0.308 e. The fourth-order valence-electron chi connectivity index (χ4n) is 1.60. The molecule has 0 saturated heterocycles. The molecule has 0 aliphatic rings. The van der Waals surface area contributed by atoms with Gasteiger partial charge in [0.2, 0.25) is 5.95 Å². The summed E-state index contributed by atoms with van der Waals surface area (Å²) in [7, 11) is 0. The van der Waals surface area contributed by atoms with E-state index >= 15 is 0 Å². The van der Waals surface area contributed by atoms with Gasteiger partial charge in [0.15, 0.2) is 12.4 Å². The molecule has 114 valence electrons. The summed E-state index contributed by atoms with van der Waals surface area (Å²) in [6, 6.07) is 8.10. The van der Waals surface area contributed by atoms with E-state index in [1.807, 2.05) is 0 Å². The smallest absolute Gasteiger partial charge is 0.308 e. The third-order valence-electron chi connectivity index (χ3n) is 2.71. The Bertz CT molecular complexity index is 632. The van der Waals surface area contributed by atoms with E-state index in [0.717, 1.165) is 0 Å². The lowest BCUT2D eigenvalue weighted by Gasteiger charge is -2.05. The number of anilines is 1. The average molecular weight is 320 g/mol. The van der Waals surface area contributed by atoms with Gasteiger partial charge in [-0.2, -0.15) is 0 Å². The number of ketones is 1. The summed E-state index contributed by atoms with van der Waals surface area (Å²) in [5.74, 6) is -0.303. The standard InChI is InChI=1S/C15H14ClN3O3/c16-12-4-2-11(3-5-12)13(20)10-22-14(21)6-9-19-15-17-7-1-8-18-15/h1-5,7-8H,6,9-10H2,(H,17,18,19). The number of hydrogen-bond donors (Lipinski definition) is 1. The molecule has 0 aliphatic heterocycles. The molecule has 0 aliphatic carbocycles. The summed E-state index contributed by atoms with van der Waals surface area (Å²) in [5.41, 5.74) is 0.452. The van der Waals surface area contributed by atoms with Crippen molar-refractivity contribution in [3.63, 3.8) is 0 Å². The first kappa shape index (κ1) is 15.9. The topological polar surface area (TPSA) is 81.2 Å². The van der Waals surface area contributed by atoms with Crippen LogP contribution >= 0.6 is 11.6 Å². The van der Waals surface area contributed by atoms with Crippen LogP contribution in [0, 0.1) is 0 Å². The second kappa shape index (κ2) is 8.09. The summed E-state index contributed by atoms with van der Waals surface area (Å²) in [4.78, 5) is 31.3. The van der Waals surface area contributed by atoms with E-state index in [1.54, 1.807) is 42.7 Å². The predicted octanol–water partition coefficient (Wildman–Crippen LogP) is 2.36. The van der Waals surface area contributed by atoms with Gasteiger partial charge < -0.3 is 10.1 Å². The number of hydrogen-bond acceptors (Lipinski definition) is 6. The fourth-order valence-corrected chi connectivity index (χ4v) is 1.73. The van der Waals surface area contributed by atoms with Gasteiger partial charge in [0.1, 0.15) is 0 Å². The number of benzene rings is 1. The molecule has 2 aromatic rings. The summed E-state index contributed by atoms with van der Waals surface area (Å²) < 4.78 is 4.92. The van der Waals surface area contributed by atoms with Crippen LogP contribution < -0.4 is 5.32 Å². The Morgan fingerprint density at radius 2 is 1.82 bits per heavy atom. The Hall–Kier alpha value is -2.47. The van der Waals surface area contributed by atoms with Gasteiger partial charge in [-0.05, 0) is 30.3 Å². The van der Waals surface area contributed by atoms with E-state index in [-0.39, 0.29) is 18.8 Å². The van der Waals surface area contributed by atoms with Crippen molar-refractivity contribution < 1.29 is 14.3 Å². The first-order valence-electron chi connectivity index (χ1n) is 6.60. The molecule has 22 heavy (non-hydrogen) atoms. The molecule has 1 N–H and O–H groups in total. The van der Waals surface area contributed by atoms with Crippen molar-refractivity contribution in [3.8, 4) is 0 Å². The van der Waals surface area contributed by atoms with Crippen LogP contribution in [0.5, 0.6) is 0 Å². The van der Waals surface area contributed by atoms with Gasteiger partial charge in [-0.1, -0.05) is 11.6 Å². The zero-order valence-corrected chi connectivity index (χ0v) is 12.4. The van der Waals surface area contributed by atoms with Gasteiger partial charge in [-0.25, -0.2) is 9.97 Å². The number of aromatic nitrogens is 2. The molecular weight excluding hydrogens is 306 g/mol. The molecule has 1 aromatic carbocycles. The zero-order valence-electron chi connectivity index (χ0n) is 11.7. The number of nitrogens with one attached hydrogen (secondary N) is 1. The van der Waals surface area contributed by atoms with Gasteiger partial charge in [0.25, 0.3) is 0 Å². The zero-order chi connectivity index (χ0) is 15.8. The number of esters is 1. The molecular formula is C15H14ClN3O3. The van der Waals surface area contributed by atoms with Crippen LogP contribution in [-0.2, 0) is 9.53 Å². The van der Waals surface area contributed by atoms with Crippen molar-refractivity contribution in [2.45, 2.75) is 6.42 Å². The maximum absolute atomic E-state index is 11.8. The quantitative estimate of drug-likeness (QED) is 0.623. The van der Waals surface area contributed by atoms with Crippen molar-refractivity contribution >= 4 is 29.3 Å². The molecule has 0 saturated carbocycles. The lowest BCUT2D eigenvalue weighted by Crippen LogP contribution is -2.17. The van der Waals surface area contributed by atoms with Crippen LogP contribution in [-0.4, -0.2) is 34.9 Å². The van der Waals surface area contributed by atoms with E-state index in [9.17, 15) is 9.59 Å². The second-order valence-electron chi connectivity index (χ2n) is 4.34. The minimum Gasteiger partial charge on any atom is -0.457 e. The first-order chi connectivity index (χ1) is 10.6. The molecule has 0 unspecified atom stereocenters. The number of Topliss-reactive ketones (excluding diaryl/α,β-unsaturated/α-hetero) is 1. The van der Waals surface area contributed by atoms with Gasteiger partial charge in [0, 0.05) is 29.5 Å². The number of carbonyl (C=O) groups is 2. The average Bonchev–Trinajstić information content (AvgIpc) is 2.54. The fraction of sp³-hybridized carbons (Fsp3) is 0.200. The Labute approximate surface area is 132 Å². The number of halogens is 1. The highest BCUT2D eigenvalue weighted by Crippen LogP contribution is 2.10. The van der Waals surface area contributed by atoms with E-state index in [0.29, 0.717) is 23.1 Å². The lowest BCUT2D eigenvalue weighted by atomic mass is 10.1. The Morgan fingerprint density at radius 1 is 1.14 bits per heavy atom. The Balaban J connectivity index is 1.69. The number of rotatable bonds is 7. The summed E-state index contributed by atoms with van der Waals surface area (Å²) in [5, 5.41) is 3.42. The van der Waals surface area contributed by atoms with Gasteiger partial charge in [-0.15, -0.1) is 0 Å². The van der Waals surface area contributed by atoms with Crippen LogP contribution in [0.4, 0.5) is 5.95 Å². The second-order valence-corrected chi connectivity index (χ2v) is 4.78. The van der Waals surface area contributed by atoms with E-state index in [2.05, 4.69) is 15.3 Å². The number of carbonyl (C=O) groups excluding carboxylic acids is 2. The van der Waals surface area contributed by atoms with Crippen molar-refractivity contribution in [2.24, 2.45) is 0 Å². The maximum atomic E-state index is 11.8. The first-order valence-corrected chi connectivity index (χ1v) is 6.98. The lowest BCUT2D eigenvalue weighted by molar-refractivity contribution is -0.142. The SMILES string of the molecule is O=C(CCNc1ncccn1)OCC(=O)c1ccc(Cl)cc1. The highest BCUT2D eigenvalue weighted by Gasteiger charge is 2.10. The highest BCUT2D eigenvalue weighted by molar-refractivity contribution is 6.30. The Kier molecular flexibility index (Phi) is 5.85. The van der Waals surface area contributed by atoms with Crippen LogP contribution in [0.2, 0.25) is 5.02 Å². The molecule has 0 atom stereocenters. The van der Waals surface area contributed by atoms with E-state index in [4.69, 9.17) is 16.3 Å². The molecule has 1 aromatic heterocycles. The van der Waals surface area contributed by atoms with Crippen LogP contribution in [0.25, 0.3) is 0 Å². The van der Waals surface area contributed by atoms with Crippen molar-refractivity contribution in [2.75, 3.05) is 18.5 Å². The summed E-state index contributed by atoms with van der Waals surface area (Å²) in [6.07, 6.45) is 3.31. The largest absolute Gasteiger partial charge is 0.457 e. The van der Waals surface area contributed by atoms with Crippen LogP contribution in [0.15, 0.2) is 42.7 Å². The van der Waals surface area contributed by atoms with Crippen molar-refractivity contribution in [1.82, 2.24) is 9.97 Å². The summed E-state index contributed by atoms with van der Waals surface area (Å²) >= 11 is 5.74. The van der Waals surface area contributed by atoms with Crippen LogP contribution in [0.3, 0.4) is 0 Å². The molecule has 1 heterocycles. The molecule has 0 bridgehead atoms. The number of ether oxygens (including phenoxy) is 1. The molecule has 0 spiro atoms. The molecule has 6 nitrogen and oxygen atoms in total. The molecule has 0 amide bonds. The highest BCUT2D eigenvalue weighted by atomic mass is 35.5. The van der Waals surface area contributed by atoms with E-state index in [1.165, 1.54) is 0 Å². The monoisotopic (exact) mass is 319 g/mol. The van der Waals surface area contributed by atoms with Gasteiger partial charge in [0.05, 0.1) is 6.42 Å². The van der Waals surface area contributed by atoms with Crippen molar-refractivity contribution in [3.05, 3.63) is 53.3 Å². The number of nitrogens with zero attached hydrogens (tertiary/aromatic N) is 2. The van der Waals surface area contributed by atoms with Crippen LogP contribution in [0.1, 0.15) is 16.8 Å². The van der Waals surface area contributed by atoms with Crippen molar-refractivity contribution in [1.29, 1.82) is 0 Å². The summed E-state index contributed by atoms with van der Waals surface area (Å²) in [6.45, 7) is 0.0419. The molecule has 0 fully saturated rings.